The van der Waals surface area contributed by atoms with Crippen molar-refractivity contribution in [2.24, 2.45) is 0 Å². The molecule has 2 heterocycles. The SMILES string of the molecule is CCN(CC)C1CCN(CC2COCCN2)C1. The molecule has 0 amide bonds. The van der Waals surface area contributed by atoms with Crippen LogP contribution in [-0.2, 0) is 4.74 Å². The van der Waals surface area contributed by atoms with E-state index in [1.807, 2.05) is 0 Å². The van der Waals surface area contributed by atoms with Crippen LogP contribution in [0.25, 0.3) is 0 Å². The van der Waals surface area contributed by atoms with Gasteiger partial charge in [0.1, 0.15) is 0 Å². The molecular weight excluding hydrogens is 214 g/mol. The molecule has 4 nitrogen and oxygen atoms in total. The Balaban J connectivity index is 1.73. The third-order valence-electron chi connectivity index (χ3n) is 4.05. The van der Waals surface area contributed by atoms with Crippen LogP contribution in [0.4, 0.5) is 0 Å². The number of nitrogens with zero attached hydrogens (tertiary/aromatic N) is 2. The fourth-order valence-electron chi connectivity index (χ4n) is 3.06. The normalized spacial score (nSPS) is 31.2. The van der Waals surface area contributed by atoms with Crippen LogP contribution < -0.4 is 5.32 Å². The lowest BCUT2D eigenvalue weighted by molar-refractivity contribution is 0.0639. The van der Waals surface area contributed by atoms with E-state index in [2.05, 4.69) is 29.0 Å². The molecule has 17 heavy (non-hydrogen) atoms. The number of hydrogen-bond donors (Lipinski definition) is 1. The molecule has 2 saturated heterocycles. The largest absolute Gasteiger partial charge is 0.378 e. The standard InChI is InChI=1S/C13H27N3O/c1-3-16(4-2)13-5-7-15(10-13)9-12-11-17-8-6-14-12/h12-14H,3-11H2,1-2H3. The number of rotatable bonds is 5. The summed E-state index contributed by atoms with van der Waals surface area (Å²) in [5.41, 5.74) is 0. The third kappa shape index (κ3) is 3.65. The van der Waals surface area contributed by atoms with Crippen molar-refractivity contribution in [3.8, 4) is 0 Å². The number of hydrogen-bond acceptors (Lipinski definition) is 4. The van der Waals surface area contributed by atoms with Gasteiger partial charge >= 0.3 is 0 Å². The van der Waals surface area contributed by atoms with E-state index in [1.54, 1.807) is 0 Å². The first kappa shape index (κ1) is 13.3. The highest BCUT2D eigenvalue weighted by Gasteiger charge is 2.27. The van der Waals surface area contributed by atoms with Crippen LogP contribution in [0.3, 0.4) is 0 Å². The van der Waals surface area contributed by atoms with E-state index >= 15 is 0 Å². The van der Waals surface area contributed by atoms with Gasteiger partial charge in [0.15, 0.2) is 0 Å². The molecule has 0 saturated carbocycles. The molecule has 2 fully saturated rings. The van der Waals surface area contributed by atoms with Crippen molar-refractivity contribution in [1.82, 2.24) is 15.1 Å². The molecule has 1 N–H and O–H groups in total. The van der Waals surface area contributed by atoms with Gasteiger partial charge in [-0.25, -0.2) is 0 Å². The van der Waals surface area contributed by atoms with Gasteiger partial charge in [0, 0.05) is 31.7 Å². The van der Waals surface area contributed by atoms with E-state index < -0.39 is 0 Å². The van der Waals surface area contributed by atoms with Gasteiger partial charge in [-0.05, 0) is 26.1 Å². The number of likely N-dealkylation sites (N-methyl/N-ethyl adjacent to an activating group) is 1. The van der Waals surface area contributed by atoms with E-state index in [0.29, 0.717) is 6.04 Å². The zero-order valence-corrected chi connectivity index (χ0v) is 11.3. The van der Waals surface area contributed by atoms with Crippen LogP contribution in [-0.4, -0.2) is 74.4 Å². The Bertz CT molecular complexity index is 215. The van der Waals surface area contributed by atoms with Crippen LogP contribution in [0.1, 0.15) is 20.3 Å². The first-order valence-corrected chi connectivity index (χ1v) is 7.11. The minimum atomic E-state index is 0.541. The predicted octanol–water partition coefficient (Wildman–Crippen LogP) is 0.391. The van der Waals surface area contributed by atoms with Crippen LogP contribution in [0.15, 0.2) is 0 Å². The fourth-order valence-corrected chi connectivity index (χ4v) is 3.06. The van der Waals surface area contributed by atoms with E-state index in [4.69, 9.17) is 4.74 Å². The van der Waals surface area contributed by atoms with Gasteiger partial charge in [-0.3, -0.25) is 4.90 Å². The van der Waals surface area contributed by atoms with Crippen LogP contribution in [0, 0.1) is 0 Å². The Morgan fingerprint density at radius 2 is 2.18 bits per heavy atom. The molecule has 2 rings (SSSR count). The molecular formula is C13H27N3O. The molecule has 0 radical (unpaired) electrons. The molecule has 100 valence electrons. The number of ether oxygens (including phenoxy) is 1. The Labute approximate surface area is 105 Å². The first-order valence-electron chi connectivity index (χ1n) is 7.11. The second-order valence-corrected chi connectivity index (χ2v) is 5.15. The highest BCUT2D eigenvalue weighted by atomic mass is 16.5. The molecule has 0 spiro atoms. The minimum absolute atomic E-state index is 0.541. The average molecular weight is 241 g/mol. The summed E-state index contributed by atoms with van der Waals surface area (Å²) in [5.74, 6) is 0. The lowest BCUT2D eigenvalue weighted by Gasteiger charge is -2.29. The zero-order chi connectivity index (χ0) is 12.1. The summed E-state index contributed by atoms with van der Waals surface area (Å²) in [4.78, 5) is 5.18. The van der Waals surface area contributed by atoms with Gasteiger partial charge in [-0.1, -0.05) is 13.8 Å². The van der Waals surface area contributed by atoms with Gasteiger partial charge in [0.05, 0.1) is 13.2 Å². The van der Waals surface area contributed by atoms with Crippen molar-refractivity contribution in [3.63, 3.8) is 0 Å². The highest BCUT2D eigenvalue weighted by Crippen LogP contribution is 2.15. The molecule has 0 aromatic rings. The average Bonchev–Trinajstić information content (AvgIpc) is 2.81. The van der Waals surface area contributed by atoms with Gasteiger partial charge < -0.3 is 15.0 Å². The van der Waals surface area contributed by atoms with Crippen LogP contribution >= 0.6 is 0 Å². The maximum absolute atomic E-state index is 5.51. The molecule has 2 atom stereocenters. The summed E-state index contributed by atoms with van der Waals surface area (Å²) in [6.07, 6.45) is 1.33. The van der Waals surface area contributed by atoms with Crippen molar-refractivity contribution in [2.75, 3.05) is 52.5 Å². The van der Waals surface area contributed by atoms with Gasteiger partial charge in [-0.2, -0.15) is 0 Å². The van der Waals surface area contributed by atoms with E-state index in [-0.39, 0.29) is 0 Å². The Kier molecular flexibility index (Phi) is 5.22. The Hall–Kier alpha value is -0.160. The first-order chi connectivity index (χ1) is 8.33. The summed E-state index contributed by atoms with van der Waals surface area (Å²) in [5, 5.41) is 3.54. The number of likely N-dealkylation sites (tertiary alicyclic amines) is 1. The number of morpholine rings is 1. The predicted molar refractivity (Wildman–Crippen MR) is 70.4 cm³/mol. The quantitative estimate of drug-likeness (QED) is 0.754. The zero-order valence-electron chi connectivity index (χ0n) is 11.3. The Morgan fingerprint density at radius 1 is 1.35 bits per heavy atom. The third-order valence-corrected chi connectivity index (χ3v) is 4.05. The molecule has 0 aromatic carbocycles. The summed E-state index contributed by atoms with van der Waals surface area (Å²) < 4.78 is 5.51. The molecule has 2 unspecified atom stereocenters. The van der Waals surface area contributed by atoms with Gasteiger partial charge in [0.25, 0.3) is 0 Å². The highest BCUT2D eigenvalue weighted by molar-refractivity contribution is 4.85. The topological polar surface area (TPSA) is 27.7 Å². The van der Waals surface area contributed by atoms with E-state index in [0.717, 1.165) is 32.3 Å². The van der Waals surface area contributed by atoms with Crippen molar-refractivity contribution >= 4 is 0 Å². The van der Waals surface area contributed by atoms with Crippen molar-refractivity contribution in [2.45, 2.75) is 32.4 Å². The maximum Gasteiger partial charge on any atom is 0.0632 e. The van der Waals surface area contributed by atoms with Crippen molar-refractivity contribution < 1.29 is 4.74 Å². The molecule has 0 aromatic heterocycles. The number of nitrogens with one attached hydrogen (secondary N) is 1. The maximum atomic E-state index is 5.51. The lowest BCUT2D eigenvalue weighted by Crippen LogP contribution is -2.48. The lowest BCUT2D eigenvalue weighted by atomic mass is 10.2. The van der Waals surface area contributed by atoms with E-state index in [9.17, 15) is 0 Å². The summed E-state index contributed by atoms with van der Waals surface area (Å²) in [6, 6.07) is 1.31. The van der Waals surface area contributed by atoms with Gasteiger partial charge in [0.2, 0.25) is 0 Å². The minimum Gasteiger partial charge on any atom is -0.378 e. The molecule has 2 aliphatic rings. The van der Waals surface area contributed by atoms with Crippen molar-refractivity contribution in [3.05, 3.63) is 0 Å². The van der Waals surface area contributed by atoms with Crippen molar-refractivity contribution in [1.29, 1.82) is 0 Å². The molecule has 2 aliphatic heterocycles. The molecule has 0 bridgehead atoms. The monoisotopic (exact) mass is 241 g/mol. The Morgan fingerprint density at radius 3 is 2.82 bits per heavy atom. The summed E-state index contributed by atoms with van der Waals surface area (Å²) >= 11 is 0. The molecule has 4 heteroatoms. The second-order valence-electron chi connectivity index (χ2n) is 5.15. The van der Waals surface area contributed by atoms with E-state index in [1.165, 1.54) is 32.6 Å². The molecule has 0 aliphatic carbocycles. The second kappa shape index (κ2) is 6.69. The summed E-state index contributed by atoms with van der Waals surface area (Å²) in [7, 11) is 0. The van der Waals surface area contributed by atoms with Gasteiger partial charge in [-0.15, -0.1) is 0 Å². The summed E-state index contributed by atoms with van der Waals surface area (Å²) in [6.45, 7) is 13.3. The smallest absolute Gasteiger partial charge is 0.0632 e. The van der Waals surface area contributed by atoms with Crippen LogP contribution in [0.5, 0.6) is 0 Å². The van der Waals surface area contributed by atoms with Crippen LogP contribution in [0.2, 0.25) is 0 Å². The fraction of sp³-hybridized carbons (Fsp3) is 1.00.